The van der Waals surface area contributed by atoms with E-state index in [0.29, 0.717) is 17.5 Å². The summed E-state index contributed by atoms with van der Waals surface area (Å²) >= 11 is 1.79. The fraction of sp³-hybridized carbons (Fsp3) is 0.353. The van der Waals surface area contributed by atoms with Gasteiger partial charge in [-0.25, -0.2) is 4.79 Å². The van der Waals surface area contributed by atoms with Crippen molar-refractivity contribution in [3.05, 3.63) is 57.8 Å². The van der Waals surface area contributed by atoms with Crippen LogP contribution >= 0.6 is 11.3 Å². The Bertz CT molecular complexity index is 575. The summed E-state index contributed by atoms with van der Waals surface area (Å²) < 4.78 is 0. The van der Waals surface area contributed by atoms with Gasteiger partial charge in [-0.3, -0.25) is 4.90 Å². The minimum Gasteiger partial charge on any atom is -0.478 e. The predicted octanol–water partition coefficient (Wildman–Crippen LogP) is 4.28. The van der Waals surface area contributed by atoms with E-state index in [9.17, 15) is 4.79 Å². The standard InChI is InChI=1S/C17H21NO2S/c1-12(2)16(15-5-4-10-21-15)18(3)11-13-6-8-14(9-7-13)17(19)20/h4-10,12,16H,11H2,1-3H3,(H,19,20). The quantitative estimate of drug-likeness (QED) is 0.866. The highest BCUT2D eigenvalue weighted by atomic mass is 32.1. The second kappa shape index (κ2) is 6.87. The second-order valence-electron chi connectivity index (χ2n) is 5.62. The van der Waals surface area contributed by atoms with Crippen LogP contribution in [0.2, 0.25) is 0 Å². The van der Waals surface area contributed by atoms with Crippen LogP contribution in [0.4, 0.5) is 0 Å². The molecule has 0 saturated heterocycles. The average Bonchev–Trinajstić information content (AvgIpc) is 2.92. The Labute approximate surface area is 129 Å². The maximum absolute atomic E-state index is 10.9. The summed E-state index contributed by atoms with van der Waals surface area (Å²) in [5, 5.41) is 11.0. The van der Waals surface area contributed by atoms with Crippen LogP contribution in [-0.4, -0.2) is 23.0 Å². The van der Waals surface area contributed by atoms with Crippen LogP contribution in [0.15, 0.2) is 41.8 Å². The van der Waals surface area contributed by atoms with Gasteiger partial charge in [0.25, 0.3) is 0 Å². The number of carbonyl (C=O) groups is 1. The van der Waals surface area contributed by atoms with E-state index >= 15 is 0 Å². The number of carboxylic acid groups (broad SMARTS) is 1. The molecule has 3 nitrogen and oxygen atoms in total. The molecule has 1 atom stereocenters. The molecule has 1 heterocycles. The minimum absolute atomic E-state index is 0.333. The Morgan fingerprint density at radius 3 is 2.38 bits per heavy atom. The SMILES string of the molecule is CC(C)C(c1cccs1)N(C)Cc1ccc(C(=O)O)cc1. The number of hydrogen-bond donors (Lipinski definition) is 1. The number of thiophene rings is 1. The molecule has 112 valence electrons. The van der Waals surface area contributed by atoms with E-state index in [4.69, 9.17) is 5.11 Å². The lowest BCUT2D eigenvalue weighted by Crippen LogP contribution is -2.27. The van der Waals surface area contributed by atoms with Gasteiger partial charge in [0.1, 0.15) is 0 Å². The molecule has 2 rings (SSSR count). The minimum atomic E-state index is -0.881. The third kappa shape index (κ3) is 3.93. The van der Waals surface area contributed by atoms with Crippen LogP contribution in [0.3, 0.4) is 0 Å². The molecule has 4 heteroatoms. The zero-order valence-electron chi connectivity index (χ0n) is 12.6. The lowest BCUT2D eigenvalue weighted by atomic mass is 10.0. The molecule has 0 fully saturated rings. The van der Waals surface area contributed by atoms with Gasteiger partial charge in [-0.1, -0.05) is 32.0 Å². The lowest BCUT2D eigenvalue weighted by molar-refractivity contribution is 0.0697. The highest BCUT2D eigenvalue weighted by Gasteiger charge is 2.21. The Hall–Kier alpha value is -1.65. The molecule has 21 heavy (non-hydrogen) atoms. The monoisotopic (exact) mass is 303 g/mol. The van der Waals surface area contributed by atoms with Crippen molar-refractivity contribution in [2.24, 2.45) is 5.92 Å². The third-order valence-electron chi connectivity index (χ3n) is 3.57. The summed E-state index contributed by atoms with van der Waals surface area (Å²) in [4.78, 5) is 14.6. The fourth-order valence-electron chi connectivity index (χ4n) is 2.65. The van der Waals surface area contributed by atoms with E-state index in [2.05, 4.69) is 43.3 Å². The third-order valence-corrected chi connectivity index (χ3v) is 4.52. The van der Waals surface area contributed by atoms with Crippen molar-refractivity contribution in [2.75, 3.05) is 7.05 Å². The van der Waals surface area contributed by atoms with Crippen molar-refractivity contribution in [1.29, 1.82) is 0 Å². The van der Waals surface area contributed by atoms with E-state index in [0.717, 1.165) is 12.1 Å². The number of aromatic carboxylic acids is 1. The molecule has 1 aromatic carbocycles. The van der Waals surface area contributed by atoms with E-state index < -0.39 is 5.97 Å². The van der Waals surface area contributed by atoms with Gasteiger partial charge in [-0.15, -0.1) is 11.3 Å². The summed E-state index contributed by atoms with van der Waals surface area (Å²) in [7, 11) is 2.12. The van der Waals surface area contributed by atoms with Crippen molar-refractivity contribution in [3.63, 3.8) is 0 Å². The van der Waals surface area contributed by atoms with Crippen molar-refractivity contribution < 1.29 is 9.90 Å². The van der Waals surface area contributed by atoms with Crippen LogP contribution in [0.5, 0.6) is 0 Å². The molecule has 1 aromatic heterocycles. The molecule has 0 aliphatic rings. The molecule has 0 bridgehead atoms. The predicted molar refractivity (Wildman–Crippen MR) is 86.8 cm³/mol. The Balaban J connectivity index is 2.11. The molecular weight excluding hydrogens is 282 g/mol. The Kier molecular flexibility index (Phi) is 5.15. The first-order valence-corrected chi connectivity index (χ1v) is 7.93. The highest BCUT2D eigenvalue weighted by Crippen LogP contribution is 2.31. The molecular formula is C17H21NO2S. The molecule has 0 saturated carbocycles. The second-order valence-corrected chi connectivity index (χ2v) is 6.60. The highest BCUT2D eigenvalue weighted by molar-refractivity contribution is 7.10. The molecule has 0 amide bonds. The van der Waals surface area contributed by atoms with E-state index in [1.807, 2.05) is 12.1 Å². The number of nitrogens with zero attached hydrogens (tertiary/aromatic N) is 1. The van der Waals surface area contributed by atoms with Gasteiger partial charge in [0.2, 0.25) is 0 Å². The van der Waals surface area contributed by atoms with Crippen molar-refractivity contribution in [3.8, 4) is 0 Å². The Morgan fingerprint density at radius 1 is 1.24 bits per heavy atom. The van der Waals surface area contributed by atoms with E-state index in [1.165, 1.54) is 4.88 Å². The smallest absolute Gasteiger partial charge is 0.335 e. The number of hydrogen-bond acceptors (Lipinski definition) is 3. The average molecular weight is 303 g/mol. The first-order valence-electron chi connectivity index (χ1n) is 7.05. The summed E-state index contributed by atoms with van der Waals surface area (Å²) in [6.07, 6.45) is 0. The van der Waals surface area contributed by atoms with Crippen LogP contribution in [-0.2, 0) is 6.54 Å². The molecule has 0 radical (unpaired) electrons. The maximum Gasteiger partial charge on any atom is 0.335 e. The van der Waals surface area contributed by atoms with Gasteiger partial charge in [-0.2, -0.15) is 0 Å². The van der Waals surface area contributed by atoms with Gasteiger partial charge >= 0.3 is 5.97 Å². The van der Waals surface area contributed by atoms with Crippen LogP contribution in [0.1, 0.15) is 40.7 Å². The first-order chi connectivity index (χ1) is 9.99. The van der Waals surface area contributed by atoms with E-state index in [1.54, 1.807) is 23.5 Å². The van der Waals surface area contributed by atoms with Crippen LogP contribution in [0.25, 0.3) is 0 Å². The van der Waals surface area contributed by atoms with Crippen molar-refractivity contribution in [2.45, 2.75) is 26.4 Å². The molecule has 1 unspecified atom stereocenters. The molecule has 0 aliphatic heterocycles. The van der Waals surface area contributed by atoms with Crippen molar-refractivity contribution >= 4 is 17.3 Å². The Morgan fingerprint density at radius 2 is 1.90 bits per heavy atom. The molecule has 0 spiro atoms. The number of carboxylic acids is 1. The normalized spacial score (nSPS) is 12.8. The van der Waals surface area contributed by atoms with Gasteiger partial charge in [0, 0.05) is 17.5 Å². The topological polar surface area (TPSA) is 40.5 Å². The maximum atomic E-state index is 10.9. The summed E-state index contributed by atoms with van der Waals surface area (Å²) in [6.45, 7) is 5.27. The summed E-state index contributed by atoms with van der Waals surface area (Å²) in [5.74, 6) is -0.361. The largest absolute Gasteiger partial charge is 0.478 e. The van der Waals surface area contributed by atoms with Crippen molar-refractivity contribution in [1.82, 2.24) is 4.90 Å². The summed E-state index contributed by atoms with van der Waals surface area (Å²) in [6, 6.07) is 11.8. The first kappa shape index (κ1) is 15.7. The van der Waals surface area contributed by atoms with Crippen LogP contribution in [0, 0.1) is 5.92 Å². The van der Waals surface area contributed by atoms with Gasteiger partial charge in [0.05, 0.1) is 5.56 Å². The number of benzene rings is 1. The summed E-state index contributed by atoms with van der Waals surface area (Å²) in [5.41, 5.74) is 1.46. The van der Waals surface area contributed by atoms with Gasteiger partial charge in [-0.05, 0) is 42.1 Å². The van der Waals surface area contributed by atoms with Gasteiger partial charge in [0.15, 0.2) is 0 Å². The zero-order chi connectivity index (χ0) is 15.4. The molecule has 0 aliphatic carbocycles. The molecule has 2 aromatic rings. The van der Waals surface area contributed by atoms with Crippen LogP contribution < -0.4 is 0 Å². The lowest BCUT2D eigenvalue weighted by Gasteiger charge is -2.30. The van der Waals surface area contributed by atoms with Gasteiger partial charge < -0.3 is 5.11 Å². The zero-order valence-corrected chi connectivity index (χ0v) is 13.4. The number of rotatable bonds is 6. The van der Waals surface area contributed by atoms with E-state index in [-0.39, 0.29) is 0 Å². The fourth-order valence-corrected chi connectivity index (χ4v) is 3.72. The molecule has 1 N–H and O–H groups in total.